The molecule has 108 valence electrons. The Morgan fingerprint density at radius 2 is 2.24 bits per heavy atom. The highest BCUT2D eigenvalue weighted by Gasteiger charge is 2.34. The fourth-order valence-corrected chi connectivity index (χ4v) is 3.54. The van der Waals surface area contributed by atoms with Crippen molar-refractivity contribution in [3.63, 3.8) is 0 Å². The molecule has 0 amide bonds. The third-order valence-electron chi connectivity index (χ3n) is 3.44. The van der Waals surface area contributed by atoms with Gasteiger partial charge >= 0.3 is 0 Å². The molecule has 0 bridgehead atoms. The molecule has 1 atom stereocenters. The summed E-state index contributed by atoms with van der Waals surface area (Å²) >= 11 is 7.14. The Balaban J connectivity index is 1.97. The quantitative estimate of drug-likeness (QED) is 0.892. The second-order valence-corrected chi connectivity index (χ2v) is 6.72. The first kappa shape index (κ1) is 14.2. The van der Waals surface area contributed by atoms with E-state index in [-0.39, 0.29) is 16.8 Å². The molecule has 1 aromatic carbocycles. The van der Waals surface area contributed by atoms with Crippen LogP contribution < -0.4 is 10.1 Å². The average Bonchev–Trinajstić information content (AvgIpc) is 2.77. The highest BCUT2D eigenvalue weighted by atomic mass is 35.5. The van der Waals surface area contributed by atoms with Crippen molar-refractivity contribution < 1.29 is 4.74 Å². The van der Waals surface area contributed by atoms with Crippen LogP contribution in [0.1, 0.15) is 37.4 Å². The van der Waals surface area contributed by atoms with Crippen molar-refractivity contribution in [3.8, 4) is 11.8 Å². The molecular formula is C15H14ClN3OS. The monoisotopic (exact) mass is 319 g/mol. The number of hydrogen-bond acceptors (Lipinski definition) is 5. The van der Waals surface area contributed by atoms with Gasteiger partial charge in [-0.25, -0.2) is 0 Å². The Bertz CT molecular complexity index is 720. The van der Waals surface area contributed by atoms with Crippen LogP contribution >= 0.6 is 23.1 Å². The molecule has 3 rings (SSSR count). The van der Waals surface area contributed by atoms with E-state index in [1.54, 1.807) is 0 Å². The van der Waals surface area contributed by atoms with Crippen LogP contribution in [0.4, 0.5) is 5.00 Å². The van der Waals surface area contributed by atoms with Gasteiger partial charge in [-0.15, -0.1) is 0 Å². The molecule has 1 unspecified atom stereocenters. The van der Waals surface area contributed by atoms with Crippen molar-refractivity contribution in [1.29, 1.82) is 5.26 Å². The summed E-state index contributed by atoms with van der Waals surface area (Å²) in [4.78, 5) is 0. The molecule has 0 fully saturated rings. The van der Waals surface area contributed by atoms with E-state index in [0.29, 0.717) is 10.6 Å². The van der Waals surface area contributed by atoms with Crippen LogP contribution in [0.5, 0.6) is 5.75 Å². The molecule has 2 aromatic rings. The van der Waals surface area contributed by atoms with Gasteiger partial charge in [-0.05, 0) is 31.4 Å². The standard InChI is InChI=1S/C15H14ClN3OS/c1-15(2)7-11(9-5-3-4-6-12(9)20-15)18-14-10(8-17)13(16)19-21-14/h3-6,11,18H,7H2,1-2H3. The minimum absolute atomic E-state index is 0.0635. The van der Waals surface area contributed by atoms with Crippen molar-refractivity contribution in [2.24, 2.45) is 0 Å². The maximum Gasteiger partial charge on any atom is 0.162 e. The first-order valence-electron chi connectivity index (χ1n) is 6.60. The van der Waals surface area contributed by atoms with E-state index in [1.165, 1.54) is 11.5 Å². The van der Waals surface area contributed by atoms with Crippen molar-refractivity contribution >= 4 is 28.1 Å². The number of para-hydroxylation sites is 1. The number of benzene rings is 1. The fraction of sp³-hybridized carbons (Fsp3) is 0.333. The Morgan fingerprint density at radius 1 is 1.48 bits per heavy atom. The van der Waals surface area contributed by atoms with E-state index < -0.39 is 0 Å². The van der Waals surface area contributed by atoms with Gasteiger partial charge in [0.1, 0.15) is 28.0 Å². The maximum absolute atomic E-state index is 9.18. The van der Waals surface area contributed by atoms with Crippen LogP contribution in [0, 0.1) is 11.3 Å². The third-order valence-corrected chi connectivity index (χ3v) is 4.60. The molecule has 0 saturated carbocycles. The van der Waals surface area contributed by atoms with E-state index in [4.69, 9.17) is 16.3 Å². The van der Waals surface area contributed by atoms with Crippen LogP contribution in [-0.2, 0) is 0 Å². The minimum Gasteiger partial charge on any atom is -0.487 e. The topological polar surface area (TPSA) is 57.9 Å². The van der Waals surface area contributed by atoms with Gasteiger partial charge in [0.2, 0.25) is 0 Å². The van der Waals surface area contributed by atoms with Crippen molar-refractivity contribution in [2.45, 2.75) is 31.9 Å². The molecule has 0 spiro atoms. The van der Waals surface area contributed by atoms with Gasteiger partial charge in [-0.2, -0.15) is 9.64 Å². The second-order valence-electron chi connectivity index (χ2n) is 5.59. The van der Waals surface area contributed by atoms with Gasteiger partial charge in [0.25, 0.3) is 0 Å². The summed E-state index contributed by atoms with van der Waals surface area (Å²) < 4.78 is 10.0. The number of anilines is 1. The Kier molecular flexibility index (Phi) is 3.52. The SMILES string of the molecule is CC1(C)CC(Nc2snc(Cl)c2C#N)c2ccccc2O1. The smallest absolute Gasteiger partial charge is 0.162 e. The molecule has 0 aliphatic carbocycles. The second kappa shape index (κ2) is 5.21. The van der Waals surface area contributed by atoms with Crippen molar-refractivity contribution in [3.05, 3.63) is 40.5 Å². The molecule has 1 N–H and O–H groups in total. The molecule has 1 aliphatic rings. The summed E-state index contributed by atoms with van der Waals surface area (Å²) in [5.74, 6) is 0.875. The van der Waals surface area contributed by atoms with Gasteiger partial charge in [-0.1, -0.05) is 29.8 Å². The van der Waals surface area contributed by atoms with Crippen molar-refractivity contribution in [1.82, 2.24) is 4.37 Å². The number of nitrogens with one attached hydrogen (secondary N) is 1. The lowest BCUT2D eigenvalue weighted by Gasteiger charge is -2.38. The number of aromatic nitrogens is 1. The summed E-state index contributed by atoms with van der Waals surface area (Å²) in [5, 5.41) is 13.5. The van der Waals surface area contributed by atoms with Gasteiger partial charge < -0.3 is 10.1 Å². The van der Waals surface area contributed by atoms with E-state index >= 15 is 0 Å². The van der Waals surface area contributed by atoms with E-state index in [0.717, 1.165) is 17.7 Å². The summed E-state index contributed by atoms with van der Waals surface area (Å²) in [6.45, 7) is 4.12. The molecule has 2 heterocycles. The number of halogens is 1. The van der Waals surface area contributed by atoms with Gasteiger partial charge in [0.15, 0.2) is 5.15 Å². The minimum atomic E-state index is -0.271. The predicted octanol–water partition coefficient (Wildman–Crippen LogP) is 4.38. The van der Waals surface area contributed by atoms with Crippen molar-refractivity contribution in [2.75, 3.05) is 5.32 Å². The lowest BCUT2D eigenvalue weighted by Crippen LogP contribution is -2.37. The number of hydrogen-bond donors (Lipinski definition) is 1. The third kappa shape index (κ3) is 2.69. The molecular weight excluding hydrogens is 306 g/mol. The van der Waals surface area contributed by atoms with Gasteiger partial charge in [0, 0.05) is 12.0 Å². The number of nitrogens with zero attached hydrogens (tertiary/aromatic N) is 2. The van der Waals surface area contributed by atoms with Gasteiger partial charge in [0.05, 0.1) is 6.04 Å². The lowest BCUT2D eigenvalue weighted by molar-refractivity contribution is 0.0759. The number of fused-ring (bicyclic) bond motifs is 1. The Labute approximate surface area is 132 Å². The summed E-state index contributed by atoms with van der Waals surface area (Å²) in [5.41, 5.74) is 1.22. The molecule has 21 heavy (non-hydrogen) atoms. The highest BCUT2D eigenvalue weighted by Crippen LogP contribution is 2.42. The molecule has 1 aromatic heterocycles. The lowest BCUT2D eigenvalue weighted by atomic mass is 9.90. The zero-order chi connectivity index (χ0) is 15.0. The summed E-state index contributed by atoms with van der Waals surface area (Å²) in [7, 11) is 0. The predicted molar refractivity (Wildman–Crippen MR) is 84.0 cm³/mol. The summed E-state index contributed by atoms with van der Waals surface area (Å²) in [6, 6.07) is 10.1. The largest absolute Gasteiger partial charge is 0.487 e. The van der Waals surface area contributed by atoms with Crippen LogP contribution in [0.25, 0.3) is 0 Å². The maximum atomic E-state index is 9.18. The van der Waals surface area contributed by atoms with E-state index in [9.17, 15) is 5.26 Å². The first-order valence-corrected chi connectivity index (χ1v) is 7.75. The number of nitriles is 1. The number of rotatable bonds is 2. The molecule has 0 saturated heterocycles. The zero-order valence-electron chi connectivity index (χ0n) is 11.7. The first-order chi connectivity index (χ1) is 10.00. The Hall–Kier alpha value is -1.77. The highest BCUT2D eigenvalue weighted by molar-refractivity contribution is 7.10. The Morgan fingerprint density at radius 3 is 3.00 bits per heavy atom. The number of ether oxygens (including phenoxy) is 1. The van der Waals surface area contributed by atoms with Gasteiger partial charge in [-0.3, -0.25) is 0 Å². The van der Waals surface area contributed by atoms with Crippen LogP contribution in [0.2, 0.25) is 5.15 Å². The van der Waals surface area contributed by atoms with Crippen LogP contribution in [0.15, 0.2) is 24.3 Å². The zero-order valence-corrected chi connectivity index (χ0v) is 13.3. The molecule has 6 heteroatoms. The molecule has 4 nitrogen and oxygen atoms in total. The summed E-state index contributed by atoms with van der Waals surface area (Å²) in [6.07, 6.45) is 0.796. The van der Waals surface area contributed by atoms with E-state index in [1.807, 2.05) is 24.3 Å². The van der Waals surface area contributed by atoms with Crippen LogP contribution in [0.3, 0.4) is 0 Å². The van der Waals surface area contributed by atoms with E-state index in [2.05, 4.69) is 29.6 Å². The average molecular weight is 320 g/mol. The molecule has 1 aliphatic heterocycles. The fourth-order valence-electron chi connectivity index (χ4n) is 2.56. The normalized spacial score (nSPS) is 19.2. The molecule has 0 radical (unpaired) electrons. The van der Waals surface area contributed by atoms with Crippen LogP contribution in [-0.4, -0.2) is 9.97 Å².